The average Bonchev–Trinajstić information content (AvgIpc) is 2.73. The zero-order valence-electron chi connectivity index (χ0n) is 20.4. The number of ether oxygens (including phenoxy) is 1. The van der Waals surface area contributed by atoms with Crippen LogP contribution >= 0.6 is 0 Å². The Labute approximate surface area is 190 Å². The Balaban J connectivity index is 1.66. The van der Waals surface area contributed by atoms with E-state index in [-0.39, 0.29) is 11.0 Å². The lowest BCUT2D eigenvalue weighted by Crippen LogP contribution is -2.45. The van der Waals surface area contributed by atoms with Gasteiger partial charge in [0.2, 0.25) is 0 Å². The second kappa shape index (κ2) is 9.20. The number of fused-ring (bicyclic) bond motifs is 3. The number of phenolic OH excluding ortho intramolecular Hbond substituents is 1. The molecule has 0 radical (unpaired) electrons. The summed E-state index contributed by atoms with van der Waals surface area (Å²) in [6.07, 6.45) is 18.9. The quantitative estimate of drug-likeness (QED) is 0.351. The molecule has 172 valence electrons. The van der Waals surface area contributed by atoms with Crippen LogP contribution in [-0.2, 0) is 5.41 Å². The smallest absolute Gasteiger partial charge is 0.127 e. The molecule has 2 heteroatoms. The largest absolute Gasteiger partial charge is 0.508 e. The molecule has 31 heavy (non-hydrogen) atoms. The summed E-state index contributed by atoms with van der Waals surface area (Å²) in [4.78, 5) is 0. The molecule has 2 aliphatic carbocycles. The maximum atomic E-state index is 11.3. The van der Waals surface area contributed by atoms with Gasteiger partial charge in [-0.25, -0.2) is 0 Å². The van der Waals surface area contributed by atoms with Crippen LogP contribution < -0.4 is 4.74 Å². The van der Waals surface area contributed by atoms with Crippen molar-refractivity contribution in [3.8, 4) is 11.5 Å². The zero-order valence-corrected chi connectivity index (χ0v) is 20.4. The Kier molecular flexibility index (Phi) is 6.75. The van der Waals surface area contributed by atoms with Gasteiger partial charge in [-0.3, -0.25) is 0 Å². The third kappa shape index (κ3) is 4.55. The first-order valence-electron chi connectivity index (χ1n) is 13.1. The van der Waals surface area contributed by atoms with Gasteiger partial charge in [-0.2, -0.15) is 0 Å². The van der Waals surface area contributed by atoms with Gasteiger partial charge in [0, 0.05) is 17.4 Å². The minimum atomic E-state index is -0.195. The van der Waals surface area contributed by atoms with Gasteiger partial charge >= 0.3 is 0 Å². The molecule has 1 saturated carbocycles. The molecule has 0 spiro atoms. The third-order valence-electron chi connectivity index (χ3n) is 8.69. The summed E-state index contributed by atoms with van der Waals surface area (Å²) in [6.45, 7) is 9.01. The summed E-state index contributed by atoms with van der Waals surface area (Å²) in [5.74, 6) is 2.26. The molecule has 0 amide bonds. The van der Waals surface area contributed by atoms with E-state index >= 15 is 0 Å². The molecule has 1 aromatic rings. The highest BCUT2D eigenvalue weighted by Crippen LogP contribution is 2.56. The number of phenols is 1. The molecule has 2 nitrogen and oxygen atoms in total. The van der Waals surface area contributed by atoms with Crippen molar-refractivity contribution in [3.05, 3.63) is 34.9 Å². The van der Waals surface area contributed by atoms with Crippen LogP contribution in [0.25, 0.3) is 0 Å². The van der Waals surface area contributed by atoms with Gasteiger partial charge < -0.3 is 9.84 Å². The third-order valence-corrected chi connectivity index (χ3v) is 8.69. The maximum Gasteiger partial charge on any atom is 0.127 e. The number of benzene rings is 1. The van der Waals surface area contributed by atoms with E-state index in [2.05, 4.69) is 45.9 Å². The van der Waals surface area contributed by atoms with E-state index in [4.69, 9.17) is 4.74 Å². The monoisotopic (exact) mass is 424 g/mol. The van der Waals surface area contributed by atoms with E-state index in [1.165, 1.54) is 81.8 Å². The molecule has 2 atom stereocenters. The normalized spacial score (nSPS) is 26.4. The van der Waals surface area contributed by atoms with Gasteiger partial charge in [0.1, 0.15) is 17.1 Å². The van der Waals surface area contributed by atoms with Crippen molar-refractivity contribution in [1.29, 1.82) is 0 Å². The van der Waals surface area contributed by atoms with Crippen molar-refractivity contribution in [1.82, 2.24) is 0 Å². The molecular weight excluding hydrogens is 380 g/mol. The fraction of sp³-hybridized carbons (Fsp3) is 0.724. The highest BCUT2D eigenvalue weighted by atomic mass is 16.5. The average molecular weight is 425 g/mol. The molecule has 0 bridgehead atoms. The molecule has 0 saturated heterocycles. The molecular formula is C29H44O2. The second-order valence-electron chi connectivity index (χ2n) is 11.3. The standard InChI is InChI=1S/C29H44O2/c1-5-6-7-8-10-15-29(16-11-9-12-17-29)22-19-25(30)27-23-18-21(2)13-14-24(23)28(3,4)31-26(27)20-22/h13,19-20,23-24,30H,5-12,14-18H2,1-4H3/t23-,24-/m1/s1. The lowest BCUT2D eigenvalue weighted by Gasteiger charge is -2.47. The summed E-state index contributed by atoms with van der Waals surface area (Å²) in [5.41, 5.74) is 3.90. The number of hydrogen-bond donors (Lipinski definition) is 1. The fourth-order valence-electron chi connectivity index (χ4n) is 6.85. The molecule has 0 unspecified atom stereocenters. The van der Waals surface area contributed by atoms with Crippen LogP contribution in [0.4, 0.5) is 0 Å². The Morgan fingerprint density at radius 3 is 2.52 bits per heavy atom. The number of unbranched alkanes of at least 4 members (excludes halogenated alkanes) is 4. The van der Waals surface area contributed by atoms with Crippen LogP contribution in [-0.4, -0.2) is 10.7 Å². The maximum absolute atomic E-state index is 11.3. The number of rotatable bonds is 7. The van der Waals surface area contributed by atoms with Crippen LogP contribution in [0.2, 0.25) is 0 Å². The molecule has 0 aromatic heterocycles. The van der Waals surface area contributed by atoms with Gasteiger partial charge in [0.05, 0.1) is 0 Å². The van der Waals surface area contributed by atoms with Crippen LogP contribution in [0, 0.1) is 5.92 Å². The molecule has 4 rings (SSSR count). The minimum absolute atomic E-state index is 0.195. The van der Waals surface area contributed by atoms with Crippen molar-refractivity contribution in [2.75, 3.05) is 0 Å². The molecule has 3 aliphatic rings. The number of aromatic hydroxyl groups is 1. The number of hydrogen-bond acceptors (Lipinski definition) is 2. The lowest BCUT2D eigenvalue weighted by atomic mass is 9.64. The first-order valence-corrected chi connectivity index (χ1v) is 13.1. The van der Waals surface area contributed by atoms with Crippen LogP contribution in [0.5, 0.6) is 11.5 Å². The van der Waals surface area contributed by atoms with Gasteiger partial charge in [-0.1, -0.05) is 69.9 Å². The lowest BCUT2D eigenvalue weighted by molar-refractivity contribution is 0.00733. The van der Waals surface area contributed by atoms with E-state index < -0.39 is 0 Å². The Bertz CT molecular complexity index is 797. The van der Waals surface area contributed by atoms with E-state index in [1.807, 2.05) is 0 Å². The Morgan fingerprint density at radius 1 is 1.03 bits per heavy atom. The zero-order chi connectivity index (χ0) is 22.1. The summed E-state index contributed by atoms with van der Waals surface area (Å²) < 4.78 is 6.65. The molecule has 1 aromatic carbocycles. The molecule has 1 fully saturated rings. The van der Waals surface area contributed by atoms with Gasteiger partial charge in [0.15, 0.2) is 0 Å². The second-order valence-corrected chi connectivity index (χ2v) is 11.3. The predicted molar refractivity (Wildman–Crippen MR) is 130 cm³/mol. The summed E-state index contributed by atoms with van der Waals surface area (Å²) >= 11 is 0. The first kappa shape index (κ1) is 22.7. The molecule has 1 heterocycles. The van der Waals surface area contributed by atoms with Crippen molar-refractivity contribution >= 4 is 0 Å². The fourth-order valence-corrected chi connectivity index (χ4v) is 6.85. The predicted octanol–water partition coefficient (Wildman–Crippen LogP) is 8.57. The van der Waals surface area contributed by atoms with E-state index in [1.54, 1.807) is 0 Å². The topological polar surface area (TPSA) is 29.5 Å². The van der Waals surface area contributed by atoms with Crippen LogP contribution in [0.1, 0.15) is 128 Å². The minimum Gasteiger partial charge on any atom is -0.508 e. The van der Waals surface area contributed by atoms with Crippen molar-refractivity contribution in [2.45, 2.75) is 128 Å². The van der Waals surface area contributed by atoms with Crippen LogP contribution in [0.15, 0.2) is 23.8 Å². The summed E-state index contributed by atoms with van der Waals surface area (Å²) in [5, 5.41) is 11.3. The summed E-state index contributed by atoms with van der Waals surface area (Å²) in [6, 6.07) is 4.49. The highest BCUT2D eigenvalue weighted by Gasteiger charge is 2.46. The van der Waals surface area contributed by atoms with E-state index in [9.17, 15) is 5.11 Å². The molecule has 1 N–H and O–H groups in total. The molecule has 1 aliphatic heterocycles. The van der Waals surface area contributed by atoms with Crippen LogP contribution in [0.3, 0.4) is 0 Å². The van der Waals surface area contributed by atoms with Crippen molar-refractivity contribution in [2.24, 2.45) is 5.92 Å². The Hall–Kier alpha value is -1.44. The van der Waals surface area contributed by atoms with Crippen molar-refractivity contribution in [3.63, 3.8) is 0 Å². The first-order chi connectivity index (χ1) is 14.9. The van der Waals surface area contributed by atoms with E-state index in [0.717, 1.165) is 24.2 Å². The van der Waals surface area contributed by atoms with Gasteiger partial charge in [0.25, 0.3) is 0 Å². The van der Waals surface area contributed by atoms with Crippen molar-refractivity contribution < 1.29 is 9.84 Å². The SMILES string of the molecule is CCCCCCCC1(c2cc(O)c3c(c2)OC(C)(C)[C@@H]2CC=C(C)C[C@@H]32)CCCCC1. The van der Waals surface area contributed by atoms with Gasteiger partial charge in [-0.05, 0) is 76.0 Å². The summed E-state index contributed by atoms with van der Waals surface area (Å²) in [7, 11) is 0. The Morgan fingerprint density at radius 2 is 1.77 bits per heavy atom. The number of allylic oxidation sites excluding steroid dienone is 2. The highest BCUT2D eigenvalue weighted by molar-refractivity contribution is 5.54. The van der Waals surface area contributed by atoms with Gasteiger partial charge in [-0.15, -0.1) is 0 Å². The van der Waals surface area contributed by atoms with E-state index in [0.29, 0.717) is 17.6 Å².